The van der Waals surface area contributed by atoms with E-state index in [0.717, 1.165) is 53.6 Å². The first-order valence-electron chi connectivity index (χ1n) is 17.6. The van der Waals surface area contributed by atoms with E-state index in [9.17, 15) is 0 Å². The Morgan fingerprint density at radius 2 is 1.45 bits per heavy atom. The maximum Gasteiger partial charge on any atom is 0.159 e. The molecule has 1 aromatic heterocycles. The van der Waals surface area contributed by atoms with Crippen molar-refractivity contribution in [2.45, 2.75) is 36.8 Å². The van der Waals surface area contributed by atoms with Crippen LogP contribution in [-0.4, -0.2) is 53.3 Å². The summed E-state index contributed by atoms with van der Waals surface area (Å²) in [5.74, 6) is 0.206. The number of rotatable bonds is 1. The predicted molar refractivity (Wildman–Crippen MR) is 197 cm³/mol. The van der Waals surface area contributed by atoms with E-state index in [2.05, 4.69) is 171 Å². The van der Waals surface area contributed by atoms with E-state index >= 15 is 0 Å². The summed E-state index contributed by atoms with van der Waals surface area (Å²) in [4.78, 5) is 15.3. The number of likely N-dealkylation sites (N-methyl/N-ethyl adjacent to an activating group) is 1. The Balaban J connectivity index is 1.31. The van der Waals surface area contributed by atoms with E-state index in [0.29, 0.717) is 0 Å². The summed E-state index contributed by atoms with van der Waals surface area (Å²) in [5, 5.41) is 2.31. The lowest BCUT2D eigenvalue weighted by molar-refractivity contribution is 0.144. The molecule has 11 rings (SSSR count). The Labute approximate surface area is 286 Å². The average Bonchev–Trinajstić information content (AvgIpc) is 3.95. The summed E-state index contributed by atoms with van der Waals surface area (Å²) < 4.78 is 6.85. The quantitative estimate of drug-likeness (QED) is 0.173. The van der Waals surface area contributed by atoms with Crippen molar-refractivity contribution in [3.05, 3.63) is 151 Å². The van der Waals surface area contributed by atoms with Crippen molar-refractivity contribution in [3.63, 3.8) is 0 Å². The van der Waals surface area contributed by atoms with Gasteiger partial charge in [-0.1, -0.05) is 72.8 Å². The molecule has 7 nitrogen and oxygen atoms in total. The van der Waals surface area contributed by atoms with Crippen LogP contribution in [0.1, 0.15) is 23.1 Å². The van der Waals surface area contributed by atoms with Crippen LogP contribution in [-0.2, 0) is 11.8 Å². The van der Waals surface area contributed by atoms with Crippen LogP contribution in [0, 0.1) is 5.92 Å². The molecular formula is C42H38N6O. The van der Waals surface area contributed by atoms with Crippen molar-refractivity contribution in [2.24, 2.45) is 5.92 Å². The highest BCUT2D eigenvalue weighted by molar-refractivity contribution is 6.11. The fraction of sp³-hybridized carbons (Fsp3) is 0.238. The van der Waals surface area contributed by atoms with E-state index in [4.69, 9.17) is 4.42 Å². The normalized spacial score (nSPS) is 27.4. The van der Waals surface area contributed by atoms with Gasteiger partial charge in [0, 0.05) is 85.4 Å². The molecule has 6 aliphatic heterocycles. The van der Waals surface area contributed by atoms with Gasteiger partial charge in [-0.15, -0.1) is 6.58 Å². The van der Waals surface area contributed by atoms with Crippen molar-refractivity contribution in [2.75, 3.05) is 34.8 Å². The molecule has 7 heteroatoms. The van der Waals surface area contributed by atoms with E-state index in [-0.39, 0.29) is 24.4 Å². The summed E-state index contributed by atoms with van der Waals surface area (Å²) in [6.07, 6.45) is 18.0. The lowest BCUT2D eigenvalue weighted by atomic mass is 9.68. The first-order valence-corrected chi connectivity index (χ1v) is 17.6. The van der Waals surface area contributed by atoms with Crippen molar-refractivity contribution >= 4 is 39.0 Å². The third kappa shape index (κ3) is 3.37. The molecule has 0 saturated heterocycles. The van der Waals surface area contributed by atoms with Gasteiger partial charge in [0.25, 0.3) is 0 Å². The number of benzene rings is 4. The zero-order chi connectivity index (χ0) is 32.4. The van der Waals surface area contributed by atoms with E-state index in [1.54, 1.807) is 0 Å². The standard InChI is InChI=1S/C42H38N6O/c1-3-28-27-29-11-4-7-14-34(29)47-26-23-45-20-10-19-44-22-25-46(39(28)44)35-15-8-6-13-32(35)42(41(45)47)33-18-17-31-30-12-5-9-16-36(30)49-38(31)37(33)48-24-21-43(2)40(42)48/h3-9,11-18,21-26,28,39-41H,1,10,19-20,27H2,2H3. The van der Waals surface area contributed by atoms with Crippen molar-refractivity contribution < 1.29 is 4.42 Å². The van der Waals surface area contributed by atoms with E-state index in [1.165, 1.54) is 28.1 Å². The summed E-state index contributed by atoms with van der Waals surface area (Å²) in [7, 11) is 2.25. The average molecular weight is 643 g/mol. The minimum atomic E-state index is -0.544. The molecule has 0 radical (unpaired) electrons. The van der Waals surface area contributed by atoms with Gasteiger partial charge in [-0.3, -0.25) is 0 Å². The zero-order valence-corrected chi connectivity index (χ0v) is 27.6. The molecule has 4 bridgehead atoms. The monoisotopic (exact) mass is 642 g/mol. The Hall–Kier alpha value is -5.56. The molecule has 0 amide bonds. The fourth-order valence-electron chi connectivity index (χ4n) is 10.2. The zero-order valence-electron chi connectivity index (χ0n) is 27.6. The first kappa shape index (κ1) is 27.4. The molecule has 0 aliphatic carbocycles. The number of para-hydroxylation sites is 3. The smallest absolute Gasteiger partial charge is 0.159 e. The largest absolute Gasteiger partial charge is 0.454 e. The van der Waals surface area contributed by atoms with Crippen molar-refractivity contribution in [1.29, 1.82) is 0 Å². The van der Waals surface area contributed by atoms with Gasteiger partial charge in [0.2, 0.25) is 0 Å². The third-order valence-corrected chi connectivity index (χ3v) is 12.1. The van der Waals surface area contributed by atoms with Crippen LogP contribution in [0.4, 0.5) is 17.1 Å². The van der Waals surface area contributed by atoms with Gasteiger partial charge in [0.1, 0.15) is 29.5 Å². The van der Waals surface area contributed by atoms with E-state index in [1.807, 2.05) is 0 Å². The van der Waals surface area contributed by atoms with Crippen LogP contribution >= 0.6 is 0 Å². The Morgan fingerprint density at radius 1 is 0.694 bits per heavy atom. The van der Waals surface area contributed by atoms with Crippen molar-refractivity contribution in [1.82, 2.24) is 14.7 Å². The molecule has 0 N–H and O–H groups in total. The number of hydrogen-bond acceptors (Lipinski definition) is 7. The minimum Gasteiger partial charge on any atom is -0.454 e. The number of nitrogens with zero attached hydrogens (tertiary/aromatic N) is 6. The summed E-state index contributed by atoms with van der Waals surface area (Å²) in [6.45, 7) is 6.36. The van der Waals surface area contributed by atoms with Crippen LogP contribution in [0.5, 0.6) is 0 Å². The van der Waals surface area contributed by atoms with Gasteiger partial charge in [-0.25, -0.2) is 0 Å². The molecule has 0 fully saturated rings. The van der Waals surface area contributed by atoms with Gasteiger partial charge < -0.3 is 33.8 Å². The second kappa shape index (κ2) is 9.75. The van der Waals surface area contributed by atoms with Crippen LogP contribution in [0.25, 0.3) is 21.9 Å². The van der Waals surface area contributed by atoms with Gasteiger partial charge in [-0.05, 0) is 47.7 Å². The second-order valence-electron chi connectivity index (χ2n) is 14.3. The van der Waals surface area contributed by atoms with Crippen LogP contribution in [0.15, 0.2) is 139 Å². The summed E-state index contributed by atoms with van der Waals surface area (Å²) >= 11 is 0. The highest BCUT2D eigenvalue weighted by atomic mass is 16.3. The maximum absolute atomic E-state index is 6.85. The van der Waals surface area contributed by atoms with Gasteiger partial charge in [0.05, 0.1) is 5.69 Å². The van der Waals surface area contributed by atoms with E-state index < -0.39 is 5.41 Å². The lowest BCUT2D eigenvalue weighted by Crippen LogP contribution is -2.63. The lowest BCUT2D eigenvalue weighted by Gasteiger charge is -2.51. The summed E-state index contributed by atoms with van der Waals surface area (Å²) in [6, 6.07) is 31.5. The third-order valence-electron chi connectivity index (χ3n) is 12.1. The molecule has 4 aromatic carbocycles. The SMILES string of the molecule is C=CC1Cc2ccccc2N2C=CN3CCCN4C=CN(c5ccccc5C5(c6ccc7c(oc8ccccc87)c6N6C=CN(C)C65)C32)C14. The maximum atomic E-state index is 6.85. The van der Waals surface area contributed by atoms with Crippen LogP contribution in [0.3, 0.4) is 0 Å². The molecule has 7 heterocycles. The first-order chi connectivity index (χ1) is 24.2. The molecule has 0 saturated carbocycles. The summed E-state index contributed by atoms with van der Waals surface area (Å²) in [5.41, 5.74) is 8.97. The molecule has 5 unspecified atom stereocenters. The molecule has 6 aliphatic rings. The molecule has 5 aromatic rings. The second-order valence-corrected chi connectivity index (χ2v) is 14.3. The highest BCUT2D eigenvalue weighted by Gasteiger charge is 2.64. The topological polar surface area (TPSA) is 32.6 Å². The molecular weight excluding hydrogens is 605 g/mol. The number of furan rings is 1. The Morgan fingerprint density at radius 3 is 2.37 bits per heavy atom. The molecule has 5 atom stereocenters. The minimum absolute atomic E-state index is 0.0395. The fourth-order valence-corrected chi connectivity index (χ4v) is 10.2. The predicted octanol–water partition coefficient (Wildman–Crippen LogP) is 7.74. The number of fused-ring (bicyclic) bond motifs is 9. The highest BCUT2D eigenvalue weighted by Crippen LogP contribution is 2.61. The number of anilines is 3. The van der Waals surface area contributed by atoms with Gasteiger partial charge in [-0.2, -0.15) is 0 Å². The van der Waals surface area contributed by atoms with Crippen LogP contribution in [0.2, 0.25) is 0 Å². The van der Waals surface area contributed by atoms with Gasteiger partial charge >= 0.3 is 0 Å². The number of hydrogen-bond donors (Lipinski definition) is 0. The molecule has 242 valence electrons. The Bertz CT molecular complexity index is 2290. The van der Waals surface area contributed by atoms with Crippen molar-refractivity contribution in [3.8, 4) is 0 Å². The molecule has 1 spiro atoms. The van der Waals surface area contributed by atoms with Gasteiger partial charge in [0.15, 0.2) is 5.58 Å². The van der Waals surface area contributed by atoms with Crippen LogP contribution < -0.4 is 14.7 Å². The molecule has 49 heavy (non-hydrogen) atoms. The Kier molecular flexibility index (Phi) is 5.45.